The van der Waals surface area contributed by atoms with E-state index in [1.165, 1.54) is 11.5 Å². The van der Waals surface area contributed by atoms with Gasteiger partial charge in [-0.3, -0.25) is 0 Å². The average Bonchev–Trinajstić information content (AvgIpc) is 2.35. The van der Waals surface area contributed by atoms with Crippen molar-refractivity contribution in [1.29, 1.82) is 0 Å². The number of imidazole rings is 1. The number of hydrogen-bond acceptors (Lipinski definition) is 2. The van der Waals surface area contributed by atoms with E-state index in [1.807, 2.05) is 15.2 Å². The molecule has 45 valence electrons. The molecule has 0 aromatic carbocycles. The number of rotatable bonds is 0. The minimum absolute atomic E-state index is 0.556. The maximum atomic E-state index is 5.67. The highest BCUT2D eigenvalue weighted by molar-refractivity contribution is 7.04. The highest BCUT2D eigenvalue weighted by atomic mass is 35.5. The zero-order valence-electron chi connectivity index (χ0n) is 4.34. The van der Waals surface area contributed by atoms with Gasteiger partial charge in [0.05, 0.1) is 0 Å². The van der Waals surface area contributed by atoms with E-state index in [9.17, 15) is 0 Å². The van der Waals surface area contributed by atoms with E-state index in [2.05, 4.69) is 11.2 Å². The summed E-state index contributed by atoms with van der Waals surface area (Å²) in [5.74, 6) is 0. The van der Waals surface area contributed by atoms with Gasteiger partial charge in [-0.15, -0.1) is 0 Å². The smallest absolute Gasteiger partial charge is 0.152 e. The Balaban J connectivity index is 2.99. The van der Waals surface area contributed by atoms with Gasteiger partial charge in [0.2, 0.25) is 0 Å². The molecule has 0 saturated heterocycles. The number of halogens is 1. The highest BCUT2D eigenvalue weighted by Gasteiger charge is 1.98. The summed E-state index contributed by atoms with van der Waals surface area (Å²) in [7, 11) is 0. The molecule has 4 heteroatoms. The molecule has 2 aromatic heterocycles. The van der Waals surface area contributed by atoms with E-state index >= 15 is 0 Å². The van der Waals surface area contributed by atoms with Crippen LogP contribution in [0.25, 0.3) is 5.65 Å². The lowest BCUT2D eigenvalue weighted by Gasteiger charge is -1.78. The highest BCUT2D eigenvalue weighted by Crippen LogP contribution is 2.14. The number of fused-ring (bicyclic) bond motifs is 1. The van der Waals surface area contributed by atoms with Crippen molar-refractivity contribution in [2.45, 2.75) is 0 Å². The van der Waals surface area contributed by atoms with Crippen LogP contribution in [0.1, 0.15) is 0 Å². The fourth-order valence-electron chi connectivity index (χ4n) is 0.652. The second kappa shape index (κ2) is 1.72. The summed E-state index contributed by atoms with van der Waals surface area (Å²) in [4.78, 5) is 3.89. The van der Waals surface area contributed by atoms with Crippen LogP contribution < -0.4 is 0 Å². The molecule has 1 radical (unpaired) electrons. The van der Waals surface area contributed by atoms with Gasteiger partial charge in [-0.05, 0) is 6.07 Å². The summed E-state index contributed by atoms with van der Waals surface area (Å²) in [6.07, 6.45) is 2.65. The quantitative estimate of drug-likeness (QED) is 0.571. The van der Waals surface area contributed by atoms with Crippen molar-refractivity contribution < 1.29 is 0 Å². The van der Waals surface area contributed by atoms with Crippen LogP contribution in [-0.4, -0.2) is 8.77 Å². The fourth-order valence-corrected chi connectivity index (χ4v) is 1.55. The van der Waals surface area contributed by atoms with Crippen LogP contribution >= 0.6 is 23.1 Å². The molecule has 0 N–H and O–H groups in total. The van der Waals surface area contributed by atoms with Crippen LogP contribution in [0.15, 0.2) is 11.4 Å². The second-order valence-electron chi connectivity index (χ2n) is 1.58. The van der Waals surface area contributed by atoms with Gasteiger partial charge in [-0.2, -0.15) is 0 Å². The van der Waals surface area contributed by atoms with E-state index in [0.717, 1.165) is 5.65 Å². The van der Waals surface area contributed by atoms with Crippen molar-refractivity contribution in [3.05, 3.63) is 22.8 Å². The molecule has 0 aliphatic rings. The predicted octanol–water partition coefficient (Wildman–Crippen LogP) is 1.85. The Morgan fingerprint density at radius 1 is 1.78 bits per heavy atom. The molecule has 9 heavy (non-hydrogen) atoms. The van der Waals surface area contributed by atoms with Gasteiger partial charge in [-0.25, -0.2) is 8.77 Å². The molecule has 2 rings (SSSR count). The lowest BCUT2D eigenvalue weighted by molar-refractivity contribution is 1.37. The molecule has 0 atom stereocenters. The standard InChI is InChI=1S/C5H2ClN2S/c6-4-3-7-5-1-2-9-8(4)5/h1-2H. The average molecular weight is 158 g/mol. The van der Waals surface area contributed by atoms with Crippen molar-refractivity contribution in [1.82, 2.24) is 8.77 Å². The maximum Gasteiger partial charge on any atom is 0.152 e. The first-order valence-electron chi connectivity index (χ1n) is 2.37. The third-order valence-corrected chi connectivity index (χ3v) is 2.22. The molecule has 0 unspecified atom stereocenters. The Hall–Kier alpha value is -0.540. The van der Waals surface area contributed by atoms with E-state index in [0.29, 0.717) is 5.15 Å². The SMILES string of the molecule is Clc1[c]nc2ccsn12. The molecule has 0 spiro atoms. The van der Waals surface area contributed by atoms with Crippen molar-refractivity contribution in [3.8, 4) is 0 Å². The largest absolute Gasteiger partial charge is 0.236 e. The molecule has 2 nitrogen and oxygen atoms in total. The zero-order chi connectivity index (χ0) is 6.27. The van der Waals surface area contributed by atoms with Crippen LogP contribution in [0.3, 0.4) is 0 Å². The van der Waals surface area contributed by atoms with E-state index in [4.69, 9.17) is 11.6 Å². The van der Waals surface area contributed by atoms with Crippen LogP contribution in [0.4, 0.5) is 0 Å². The van der Waals surface area contributed by atoms with Gasteiger partial charge in [0.15, 0.2) is 5.15 Å². The Morgan fingerprint density at radius 3 is 3.44 bits per heavy atom. The summed E-state index contributed by atoms with van der Waals surface area (Å²) in [6, 6.07) is 1.90. The maximum absolute atomic E-state index is 5.67. The summed E-state index contributed by atoms with van der Waals surface area (Å²) in [5.41, 5.74) is 0.866. The molecule has 0 fully saturated rings. The summed E-state index contributed by atoms with van der Waals surface area (Å²) < 4.78 is 1.81. The van der Waals surface area contributed by atoms with Gasteiger partial charge < -0.3 is 0 Å². The summed E-state index contributed by atoms with van der Waals surface area (Å²) in [6.45, 7) is 0. The van der Waals surface area contributed by atoms with Gasteiger partial charge >= 0.3 is 0 Å². The molecule has 0 amide bonds. The monoisotopic (exact) mass is 157 g/mol. The molecular weight excluding hydrogens is 156 g/mol. The van der Waals surface area contributed by atoms with E-state index in [-0.39, 0.29) is 0 Å². The molecule has 2 heterocycles. The number of hydrogen-bond donors (Lipinski definition) is 0. The van der Waals surface area contributed by atoms with E-state index < -0.39 is 0 Å². The number of nitrogens with zero attached hydrogens (tertiary/aromatic N) is 2. The molecule has 0 bridgehead atoms. The van der Waals surface area contributed by atoms with Crippen LogP contribution in [0, 0.1) is 6.20 Å². The Bertz CT molecular complexity index is 324. The minimum Gasteiger partial charge on any atom is -0.236 e. The third-order valence-electron chi connectivity index (χ3n) is 1.03. The summed E-state index contributed by atoms with van der Waals surface area (Å²) in [5, 5.41) is 2.49. The summed E-state index contributed by atoms with van der Waals surface area (Å²) >= 11 is 7.18. The molecule has 0 aliphatic heterocycles. The first-order chi connectivity index (χ1) is 4.38. The molecule has 2 aromatic rings. The van der Waals surface area contributed by atoms with Crippen LogP contribution in [0.5, 0.6) is 0 Å². The van der Waals surface area contributed by atoms with Crippen molar-refractivity contribution >= 4 is 28.8 Å². The van der Waals surface area contributed by atoms with Crippen molar-refractivity contribution in [2.75, 3.05) is 0 Å². The van der Waals surface area contributed by atoms with Gasteiger partial charge in [0, 0.05) is 5.38 Å². The van der Waals surface area contributed by atoms with Gasteiger partial charge in [0.25, 0.3) is 0 Å². The topological polar surface area (TPSA) is 17.3 Å². The molecular formula is C5H2ClN2S. The fraction of sp³-hybridized carbons (Fsp3) is 0. The first kappa shape index (κ1) is 5.26. The Morgan fingerprint density at radius 2 is 2.67 bits per heavy atom. The normalized spacial score (nSPS) is 10.8. The zero-order valence-corrected chi connectivity index (χ0v) is 5.91. The number of aromatic nitrogens is 2. The Labute approximate surface area is 60.9 Å². The molecule has 0 aliphatic carbocycles. The minimum atomic E-state index is 0.556. The van der Waals surface area contributed by atoms with Gasteiger partial charge in [0.1, 0.15) is 11.8 Å². The first-order valence-corrected chi connectivity index (χ1v) is 3.59. The molecule has 0 saturated carbocycles. The van der Waals surface area contributed by atoms with E-state index in [1.54, 1.807) is 0 Å². The second-order valence-corrected chi connectivity index (χ2v) is 2.78. The van der Waals surface area contributed by atoms with Crippen molar-refractivity contribution in [2.24, 2.45) is 0 Å². The van der Waals surface area contributed by atoms with Crippen LogP contribution in [-0.2, 0) is 0 Å². The van der Waals surface area contributed by atoms with Crippen LogP contribution in [0.2, 0.25) is 5.15 Å². The lowest BCUT2D eigenvalue weighted by atomic mass is 10.7. The van der Waals surface area contributed by atoms with Crippen molar-refractivity contribution in [3.63, 3.8) is 0 Å². The third kappa shape index (κ3) is 0.653. The Kier molecular flexibility index (Phi) is 1.00. The predicted molar refractivity (Wildman–Crippen MR) is 36.9 cm³/mol. The lowest BCUT2D eigenvalue weighted by Crippen LogP contribution is -1.67. The van der Waals surface area contributed by atoms with Gasteiger partial charge in [-0.1, -0.05) is 23.1 Å².